The first-order valence-corrected chi connectivity index (χ1v) is 7.74. The van der Waals surface area contributed by atoms with E-state index in [9.17, 15) is 0 Å². The molecule has 1 unspecified atom stereocenters. The van der Waals surface area contributed by atoms with E-state index in [0.29, 0.717) is 6.61 Å². The van der Waals surface area contributed by atoms with Crippen molar-refractivity contribution in [3.05, 3.63) is 46.6 Å². The number of hydrogen-bond acceptors (Lipinski definition) is 5. The van der Waals surface area contributed by atoms with Crippen LogP contribution >= 0.6 is 11.3 Å². The van der Waals surface area contributed by atoms with Crippen LogP contribution in [-0.4, -0.2) is 16.6 Å². The van der Waals surface area contributed by atoms with Crippen LogP contribution in [0.15, 0.2) is 30.6 Å². The maximum absolute atomic E-state index is 5.73. The van der Waals surface area contributed by atoms with Gasteiger partial charge >= 0.3 is 0 Å². The Bertz CT molecular complexity index is 828. The van der Waals surface area contributed by atoms with Gasteiger partial charge in [0.2, 0.25) is 0 Å². The minimum atomic E-state index is 0.138. The van der Waals surface area contributed by atoms with Crippen molar-refractivity contribution in [2.75, 3.05) is 11.9 Å². The van der Waals surface area contributed by atoms with Gasteiger partial charge in [-0.3, -0.25) is 0 Å². The van der Waals surface area contributed by atoms with Crippen molar-refractivity contribution in [3.8, 4) is 5.75 Å². The molecule has 21 heavy (non-hydrogen) atoms. The van der Waals surface area contributed by atoms with Gasteiger partial charge in [-0.05, 0) is 25.5 Å². The van der Waals surface area contributed by atoms with Gasteiger partial charge in [0.05, 0.1) is 11.4 Å². The second kappa shape index (κ2) is 4.70. The van der Waals surface area contributed by atoms with Crippen LogP contribution < -0.4 is 10.1 Å². The number of ether oxygens (including phenoxy) is 1. The Balaban J connectivity index is 1.76. The van der Waals surface area contributed by atoms with E-state index in [2.05, 4.69) is 35.2 Å². The topological polar surface area (TPSA) is 47.0 Å². The number of fused-ring (bicyclic) bond motifs is 2. The van der Waals surface area contributed by atoms with Gasteiger partial charge in [0.25, 0.3) is 0 Å². The van der Waals surface area contributed by atoms with Gasteiger partial charge in [0.15, 0.2) is 0 Å². The highest BCUT2D eigenvalue weighted by atomic mass is 32.1. The molecule has 1 N–H and O–H groups in total. The van der Waals surface area contributed by atoms with Crippen LogP contribution in [0, 0.1) is 13.8 Å². The van der Waals surface area contributed by atoms with E-state index in [1.54, 1.807) is 17.7 Å². The molecule has 1 aliphatic rings. The van der Waals surface area contributed by atoms with Gasteiger partial charge in [-0.15, -0.1) is 11.3 Å². The van der Waals surface area contributed by atoms with E-state index in [4.69, 9.17) is 4.74 Å². The molecule has 3 aromatic rings. The van der Waals surface area contributed by atoms with E-state index in [0.717, 1.165) is 21.8 Å². The number of aromatic nitrogens is 2. The number of benzene rings is 1. The first-order chi connectivity index (χ1) is 10.2. The molecule has 1 aliphatic heterocycles. The quantitative estimate of drug-likeness (QED) is 0.780. The third kappa shape index (κ3) is 1.96. The van der Waals surface area contributed by atoms with Crippen LogP contribution in [0.25, 0.3) is 10.2 Å². The van der Waals surface area contributed by atoms with E-state index < -0.39 is 0 Å². The average Bonchev–Trinajstić information content (AvgIpc) is 3.02. The van der Waals surface area contributed by atoms with Crippen molar-refractivity contribution in [2.24, 2.45) is 0 Å². The summed E-state index contributed by atoms with van der Waals surface area (Å²) in [6.45, 7) is 4.88. The standard InChI is InChI=1S/C16H15N3OS/c1-9-10(2)21-16-14(9)15(17-8-18-16)19-12-7-20-13-6-4-3-5-11(12)13/h3-6,8,12H,7H2,1-2H3,(H,17,18,19). The second-order valence-electron chi connectivity index (χ2n) is 5.23. The van der Waals surface area contributed by atoms with Crippen LogP contribution in [0.4, 0.5) is 5.82 Å². The summed E-state index contributed by atoms with van der Waals surface area (Å²) in [6, 6.07) is 8.28. The van der Waals surface area contributed by atoms with Gasteiger partial charge in [0.1, 0.15) is 29.3 Å². The third-order valence-electron chi connectivity index (χ3n) is 3.98. The monoisotopic (exact) mass is 297 g/mol. The Labute approximate surface area is 126 Å². The molecular formula is C16H15N3OS. The van der Waals surface area contributed by atoms with Crippen molar-refractivity contribution in [1.82, 2.24) is 9.97 Å². The summed E-state index contributed by atoms with van der Waals surface area (Å²) in [7, 11) is 0. The van der Waals surface area contributed by atoms with Crippen molar-refractivity contribution in [3.63, 3.8) is 0 Å². The van der Waals surface area contributed by atoms with Crippen LogP contribution in [0.1, 0.15) is 22.0 Å². The largest absolute Gasteiger partial charge is 0.491 e. The Morgan fingerprint density at radius 1 is 1.24 bits per heavy atom. The molecule has 0 radical (unpaired) electrons. The summed E-state index contributed by atoms with van der Waals surface area (Å²) < 4.78 is 5.73. The van der Waals surface area contributed by atoms with Crippen LogP contribution in [0.2, 0.25) is 0 Å². The van der Waals surface area contributed by atoms with E-state index >= 15 is 0 Å². The highest BCUT2D eigenvalue weighted by Crippen LogP contribution is 2.37. The predicted molar refractivity (Wildman–Crippen MR) is 85.2 cm³/mol. The molecule has 5 heteroatoms. The number of aryl methyl sites for hydroxylation is 2. The summed E-state index contributed by atoms with van der Waals surface area (Å²) in [6.07, 6.45) is 1.63. The lowest BCUT2D eigenvalue weighted by atomic mass is 10.1. The lowest BCUT2D eigenvalue weighted by molar-refractivity contribution is 0.339. The van der Waals surface area contributed by atoms with Crippen molar-refractivity contribution in [1.29, 1.82) is 0 Å². The Kier molecular flexibility index (Phi) is 2.82. The number of rotatable bonds is 2. The number of hydrogen-bond donors (Lipinski definition) is 1. The third-order valence-corrected chi connectivity index (χ3v) is 5.09. The van der Waals surface area contributed by atoms with Crippen molar-refractivity contribution < 1.29 is 4.74 Å². The summed E-state index contributed by atoms with van der Waals surface area (Å²) >= 11 is 1.71. The molecule has 106 valence electrons. The first-order valence-electron chi connectivity index (χ1n) is 6.93. The molecule has 4 rings (SSSR count). The van der Waals surface area contributed by atoms with E-state index in [1.807, 2.05) is 18.2 Å². The molecule has 0 saturated heterocycles. The lowest BCUT2D eigenvalue weighted by Gasteiger charge is -2.13. The number of anilines is 1. The van der Waals surface area contributed by atoms with Gasteiger partial charge in [-0.25, -0.2) is 9.97 Å². The highest BCUT2D eigenvalue weighted by Gasteiger charge is 2.25. The minimum Gasteiger partial charge on any atom is -0.491 e. The molecular weight excluding hydrogens is 282 g/mol. The van der Waals surface area contributed by atoms with Gasteiger partial charge in [0, 0.05) is 10.4 Å². The Morgan fingerprint density at radius 2 is 2.10 bits per heavy atom. The molecule has 0 saturated carbocycles. The van der Waals surface area contributed by atoms with E-state index in [1.165, 1.54) is 16.0 Å². The van der Waals surface area contributed by atoms with Crippen molar-refractivity contribution in [2.45, 2.75) is 19.9 Å². The maximum atomic E-state index is 5.73. The maximum Gasteiger partial charge on any atom is 0.139 e. The minimum absolute atomic E-state index is 0.138. The molecule has 2 aromatic heterocycles. The molecule has 0 spiro atoms. The smallest absolute Gasteiger partial charge is 0.139 e. The molecule has 1 atom stereocenters. The lowest BCUT2D eigenvalue weighted by Crippen LogP contribution is -2.13. The number of para-hydroxylation sites is 1. The van der Waals surface area contributed by atoms with E-state index in [-0.39, 0.29) is 6.04 Å². The molecule has 4 nitrogen and oxygen atoms in total. The molecule has 0 aliphatic carbocycles. The zero-order chi connectivity index (χ0) is 14.4. The number of thiophene rings is 1. The molecule has 1 aromatic carbocycles. The number of nitrogens with zero attached hydrogens (tertiary/aromatic N) is 2. The summed E-state index contributed by atoms with van der Waals surface area (Å²) in [5.74, 6) is 1.85. The summed E-state index contributed by atoms with van der Waals surface area (Å²) in [5, 5.41) is 4.65. The van der Waals surface area contributed by atoms with Gasteiger partial charge < -0.3 is 10.1 Å². The Morgan fingerprint density at radius 3 is 3.00 bits per heavy atom. The number of nitrogens with one attached hydrogen (secondary N) is 1. The molecule has 0 fully saturated rings. The molecule has 0 amide bonds. The molecule has 3 heterocycles. The molecule has 0 bridgehead atoms. The fourth-order valence-electron chi connectivity index (χ4n) is 2.74. The zero-order valence-electron chi connectivity index (χ0n) is 11.9. The van der Waals surface area contributed by atoms with Gasteiger partial charge in [-0.1, -0.05) is 18.2 Å². The van der Waals surface area contributed by atoms with Crippen LogP contribution in [-0.2, 0) is 0 Å². The summed E-state index contributed by atoms with van der Waals surface area (Å²) in [4.78, 5) is 11.2. The SMILES string of the molecule is Cc1sc2ncnc(NC3COc4ccccc43)c2c1C. The Hall–Kier alpha value is -2.14. The van der Waals surface area contributed by atoms with Gasteiger partial charge in [-0.2, -0.15) is 0 Å². The zero-order valence-corrected chi connectivity index (χ0v) is 12.7. The second-order valence-corrected chi connectivity index (χ2v) is 6.43. The highest BCUT2D eigenvalue weighted by molar-refractivity contribution is 7.18. The average molecular weight is 297 g/mol. The predicted octanol–water partition coefficient (Wildman–Crippen LogP) is 3.85. The first kappa shape index (κ1) is 12.6. The van der Waals surface area contributed by atoms with Crippen LogP contribution in [0.3, 0.4) is 0 Å². The summed E-state index contributed by atoms with van der Waals surface area (Å²) in [5.41, 5.74) is 2.44. The van der Waals surface area contributed by atoms with Crippen molar-refractivity contribution >= 4 is 27.4 Å². The fourth-order valence-corrected chi connectivity index (χ4v) is 3.74. The normalized spacial score (nSPS) is 16.8. The van der Waals surface area contributed by atoms with Crippen LogP contribution in [0.5, 0.6) is 5.75 Å². The fraction of sp³-hybridized carbons (Fsp3) is 0.250.